The van der Waals surface area contributed by atoms with Crippen LogP contribution in [0.4, 0.5) is 16.0 Å². The summed E-state index contributed by atoms with van der Waals surface area (Å²) < 4.78 is 12.9. The molecule has 1 aromatic heterocycles. The third kappa shape index (κ3) is 2.93. The zero-order valence-electron chi connectivity index (χ0n) is 11.6. The van der Waals surface area contributed by atoms with Crippen molar-refractivity contribution in [2.75, 3.05) is 18.0 Å². The Labute approximate surface area is 126 Å². The number of anilines is 1. The summed E-state index contributed by atoms with van der Waals surface area (Å²) in [5.74, 6) is 0.223. The van der Waals surface area contributed by atoms with Gasteiger partial charge in [0.25, 0.3) is 0 Å². The van der Waals surface area contributed by atoms with Crippen LogP contribution in [0.3, 0.4) is 0 Å². The molecule has 0 saturated carbocycles. The van der Waals surface area contributed by atoms with Crippen LogP contribution in [0.15, 0.2) is 42.7 Å². The Hall–Kier alpha value is -2.83. The minimum absolute atomic E-state index is 0.122. The summed E-state index contributed by atoms with van der Waals surface area (Å²) >= 11 is 0. The molecule has 6 nitrogen and oxygen atoms in total. The molecule has 0 amide bonds. The standard InChI is InChI=1S/C15H13FN4O2/c16-13-3-1-11(2-4-13)12-5-7-19(8-6-12)15-17-9-14(10-18-15)20(21)22/h1-5,9-10H,6-8H2. The van der Waals surface area contributed by atoms with Gasteiger partial charge in [0.1, 0.15) is 18.2 Å². The number of benzene rings is 1. The van der Waals surface area contributed by atoms with Crippen LogP contribution < -0.4 is 4.90 Å². The fraction of sp³-hybridized carbons (Fsp3) is 0.200. The predicted octanol–water partition coefficient (Wildman–Crippen LogP) is 2.82. The van der Waals surface area contributed by atoms with E-state index in [0.29, 0.717) is 19.0 Å². The van der Waals surface area contributed by atoms with Crippen molar-refractivity contribution in [1.82, 2.24) is 9.97 Å². The summed E-state index contributed by atoms with van der Waals surface area (Å²) in [4.78, 5) is 20.1. The number of nitrogens with zero attached hydrogens (tertiary/aromatic N) is 4. The molecular formula is C15H13FN4O2. The van der Waals surface area contributed by atoms with E-state index in [2.05, 4.69) is 9.97 Å². The van der Waals surface area contributed by atoms with E-state index in [1.807, 2.05) is 11.0 Å². The molecule has 0 N–H and O–H groups in total. The van der Waals surface area contributed by atoms with Gasteiger partial charge in [-0.1, -0.05) is 18.2 Å². The largest absolute Gasteiger partial charge is 0.337 e. The molecule has 0 fully saturated rings. The van der Waals surface area contributed by atoms with Crippen LogP contribution in [-0.2, 0) is 0 Å². The monoisotopic (exact) mass is 300 g/mol. The maximum absolute atomic E-state index is 12.9. The van der Waals surface area contributed by atoms with Gasteiger partial charge in [0, 0.05) is 13.1 Å². The van der Waals surface area contributed by atoms with E-state index in [4.69, 9.17) is 0 Å². The van der Waals surface area contributed by atoms with Gasteiger partial charge in [-0.15, -0.1) is 0 Å². The van der Waals surface area contributed by atoms with Crippen LogP contribution in [0.25, 0.3) is 5.57 Å². The van der Waals surface area contributed by atoms with E-state index >= 15 is 0 Å². The highest BCUT2D eigenvalue weighted by molar-refractivity contribution is 5.68. The average Bonchev–Trinajstić information content (AvgIpc) is 2.56. The van der Waals surface area contributed by atoms with Crippen LogP contribution in [-0.4, -0.2) is 28.0 Å². The quantitative estimate of drug-likeness (QED) is 0.644. The van der Waals surface area contributed by atoms with Gasteiger partial charge in [-0.3, -0.25) is 10.1 Å². The summed E-state index contributed by atoms with van der Waals surface area (Å²) in [6.45, 7) is 1.32. The first kappa shape index (κ1) is 14.1. The molecule has 1 aromatic carbocycles. The van der Waals surface area contributed by atoms with Crippen LogP contribution in [0, 0.1) is 15.9 Å². The van der Waals surface area contributed by atoms with Crippen molar-refractivity contribution in [3.8, 4) is 0 Å². The highest BCUT2D eigenvalue weighted by Gasteiger charge is 2.16. The molecule has 0 aliphatic carbocycles. The molecule has 0 spiro atoms. The normalized spacial score (nSPS) is 14.6. The Morgan fingerprint density at radius 1 is 1.18 bits per heavy atom. The van der Waals surface area contributed by atoms with Crippen molar-refractivity contribution >= 4 is 17.2 Å². The minimum atomic E-state index is -0.521. The number of aromatic nitrogens is 2. The van der Waals surface area contributed by atoms with Crippen molar-refractivity contribution in [1.29, 1.82) is 0 Å². The van der Waals surface area contributed by atoms with E-state index in [0.717, 1.165) is 17.6 Å². The van der Waals surface area contributed by atoms with Crippen molar-refractivity contribution < 1.29 is 9.31 Å². The Morgan fingerprint density at radius 3 is 2.41 bits per heavy atom. The second-order valence-corrected chi connectivity index (χ2v) is 4.93. The van der Waals surface area contributed by atoms with Gasteiger partial charge < -0.3 is 4.90 Å². The van der Waals surface area contributed by atoms with Crippen molar-refractivity contribution in [2.24, 2.45) is 0 Å². The van der Waals surface area contributed by atoms with Gasteiger partial charge in [0.15, 0.2) is 0 Å². The molecular weight excluding hydrogens is 287 g/mol. The van der Waals surface area contributed by atoms with Crippen LogP contribution >= 0.6 is 0 Å². The molecule has 1 aliphatic rings. The lowest BCUT2D eigenvalue weighted by Gasteiger charge is -2.26. The van der Waals surface area contributed by atoms with E-state index in [9.17, 15) is 14.5 Å². The first-order chi connectivity index (χ1) is 10.6. The molecule has 2 heterocycles. The molecule has 112 valence electrons. The molecule has 0 atom stereocenters. The van der Waals surface area contributed by atoms with Gasteiger partial charge in [-0.25, -0.2) is 14.4 Å². The zero-order valence-corrected chi connectivity index (χ0v) is 11.6. The number of hydrogen-bond donors (Lipinski definition) is 0. The maximum Gasteiger partial charge on any atom is 0.305 e. The summed E-state index contributed by atoms with van der Waals surface area (Å²) in [7, 11) is 0. The van der Waals surface area contributed by atoms with Crippen LogP contribution in [0.1, 0.15) is 12.0 Å². The molecule has 22 heavy (non-hydrogen) atoms. The van der Waals surface area contributed by atoms with E-state index in [-0.39, 0.29) is 11.5 Å². The number of hydrogen-bond acceptors (Lipinski definition) is 5. The molecule has 0 bridgehead atoms. The van der Waals surface area contributed by atoms with E-state index < -0.39 is 4.92 Å². The summed E-state index contributed by atoms with van der Waals surface area (Å²) in [6.07, 6.45) is 5.25. The Kier molecular flexibility index (Phi) is 3.78. The predicted molar refractivity (Wildman–Crippen MR) is 79.9 cm³/mol. The third-order valence-electron chi connectivity index (χ3n) is 3.54. The van der Waals surface area contributed by atoms with Gasteiger partial charge in [0.2, 0.25) is 5.95 Å². The van der Waals surface area contributed by atoms with Crippen molar-refractivity contribution in [2.45, 2.75) is 6.42 Å². The van der Waals surface area contributed by atoms with Gasteiger partial charge >= 0.3 is 5.69 Å². The number of halogens is 1. The first-order valence-corrected chi connectivity index (χ1v) is 6.80. The SMILES string of the molecule is O=[N+]([O-])c1cnc(N2CC=C(c3ccc(F)cc3)CC2)nc1. The molecule has 1 aliphatic heterocycles. The summed E-state index contributed by atoms with van der Waals surface area (Å²) in [5.41, 5.74) is 2.03. The average molecular weight is 300 g/mol. The topological polar surface area (TPSA) is 72.2 Å². The fourth-order valence-electron chi connectivity index (χ4n) is 2.35. The van der Waals surface area contributed by atoms with Gasteiger partial charge in [0.05, 0.1) is 4.92 Å². The Balaban J connectivity index is 1.72. The summed E-state index contributed by atoms with van der Waals surface area (Å²) in [6, 6.07) is 6.42. The highest BCUT2D eigenvalue weighted by atomic mass is 19.1. The highest BCUT2D eigenvalue weighted by Crippen LogP contribution is 2.24. The van der Waals surface area contributed by atoms with Gasteiger partial charge in [-0.2, -0.15) is 0 Å². The Morgan fingerprint density at radius 2 is 1.86 bits per heavy atom. The molecule has 7 heteroatoms. The molecule has 2 aromatic rings. The fourth-order valence-corrected chi connectivity index (χ4v) is 2.35. The molecule has 0 radical (unpaired) electrons. The van der Waals surface area contributed by atoms with Gasteiger partial charge in [-0.05, 0) is 29.7 Å². The maximum atomic E-state index is 12.9. The second kappa shape index (κ2) is 5.88. The smallest absolute Gasteiger partial charge is 0.305 e. The number of rotatable bonds is 3. The van der Waals surface area contributed by atoms with E-state index in [1.165, 1.54) is 24.5 Å². The Bertz CT molecular complexity index is 713. The number of nitro groups is 1. The van der Waals surface area contributed by atoms with Crippen molar-refractivity contribution in [3.63, 3.8) is 0 Å². The molecule has 0 saturated heterocycles. The lowest BCUT2D eigenvalue weighted by Crippen LogP contribution is -2.29. The lowest BCUT2D eigenvalue weighted by atomic mass is 10.00. The first-order valence-electron chi connectivity index (χ1n) is 6.80. The lowest BCUT2D eigenvalue weighted by molar-refractivity contribution is -0.385. The molecule has 0 unspecified atom stereocenters. The third-order valence-corrected chi connectivity index (χ3v) is 3.54. The van der Waals surface area contributed by atoms with Crippen molar-refractivity contribution in [3.05, 3.63) is 64.2 Å². The van der Waals surface area contributed by atoms with E-state index in [1.54, 1.807) is 12.1 Å². The minimum Gasteiger partial charge on any atom is -0.337 e. The van der Waals surface area contributed by atoms with Crippen LogP contribution in [0.2, 0.25) is 0 Å². The zero-order chi connectivity index (χ0) is 15.5. The second-order valence-electron chi connectivity index (χ2n) is 4.93. The molecule has 3 rings (SSSR count). The van der Waals surface area contributed by atoms with Crippen LogP contribution in [0.5, 0.6) is 0 Å². The summed E-state index contributed by atoms with van der Waals surface area (Å²) in [5, 5.41) is 10.6.